The summed E-state index contributed by atoms with van der Waals surface area (Å²) in [7, 11) is 4.75. The van der Waals surface area contributed by atoms with Crippen molar-refractivity contribution in [3.63, 3.8) is 0 Å². The molecule has 2 aromatic rings. The number of methoxy groups -OCH3 is 3. The minimum atomic E-state index is -0.0396. The van der Waals surface area contributed by atoms with Gasteiger partial charge in [0, 0.05) is 39.1 Å². The Bertz CT molecular complexity index is 995. The Balaban J connectivity index is 1.62. The van der Waals surface area contributed by atoms with Gasteiger partial charge in [0.05, 0.1) is 44.9 Å². The predicted molar refractivity (Wildman–Crippen MR) is 124 cm³/mol. The van der Waals surface area contributed by atoms with Crippen molar-refractivity contribution in [2.24, 2.45) is 0 Å². The molecule has 0 bridgehead atoms. The molecule has 2 heterocycles. The Labute approximate surface area is 194 Å². The fourth-order valence-electron chi connectivity index (χ4n) is 4.79. The lowest BCUT2D eigenvalue weighted by atomic mass is 9.81. The number of benzene rings is 1. The molecule has 0 spiro atoms. The van der Waals surface area contributed by atoms with Crippen LogP contribution in [0.25, 0.3) is 0 Å². The molecule has 1 N–H and O–H groups in total. The van der Waals surface area contributed by atoms with Gasteiger partial charge in [0.2, 0.25) is 11.7 Å². The van der Waals surface area contributed by atoms with Crippen LogP contribution in [0.3, 0.4) is 0 Å². The number of β-amino-alcohol motifs (C(OH)–C–C–N with tert-alkyl or cyclic N) is 1. The van der Waals surface area contributed by atoms with Crippen molar-refractivity contribution in [2.75, 3.05) is 65.6 Å². The number of carbonyl (C=O) groups excluding carboxylic acids is 1. The number of aliphatic hydroxyl groups excluding tert-OH is 1. The molecule has 0 radical (unpaired) electrons. The maximum Gasteiger partial charge on any atom is 0.225 e. The number of aryl methyl sites for hydroxylation is 1. The first-order valence-corrected chi connectivity index (χ1v) is 11.3. The van der Waals surface area contributed by atoms with Crippen LogP contribution in [0.5, 0.6) is 17.2 Å². The van der Waals surface area contributed by atoms with Gasteiger partial charge in [-0.05, 0) is 37.0 Å². The molecule has 4 rings (SSSR count). The van der Waals surface area contributed by atoms with E-state index in [0.29, 0.717) is 48.1 Å². The number of piperazine rings is 1. The molecule has 1 aromatic heterocycles. The molecule has 1 aliphatic carbocycles. The molecule has 9 heteroatoms. The summed E-state index contributed by atoms with van der Waals surface area (Å²) in [5, 5.41) is 9.17. The van der Waals surface area contributed by atoms with Gasteiger partial charge in [0.25, 0.3) is 0 Å². The summed E-state index contributed by atoms with van der Waals surface area (Å²) in [6, 6.07) is 3.83. The molecule has 33 heavy (non-hydrogen) atoms. The Hall–Kier alpha value is -2.91. The van der Waals surface area contributed by atoms with E-state index in [1.165, 1.54) is 0 Å². The number of rotatable bonds is 7. The van der Waals surface area contributed by atoms with Gasteiger partial charge in [-0.1, -0.05) is 0 Å². The van der Waals surface area contributed by atoms with Gasteiger partial charge >= 0.3 is 0 Å². The van der Waals surface area contributed by atoms with Crippen molar-refractivity contribution >= 4 is 11.7 Å². The Kier molecular flexibility index (Phi) is 6.99. The number of aromatic nitrogens is 2. The Morgan fingerprint density at radius 2 is 1.67 bits per heavy atom. The van der Waals surface area contributed by atoms with Crippen LogP contribution in [0.15, 0.2) is 12.1 Å². The van der Waals surface area contributed by atoms with Crippen LogP contribution >= 0.6 is 0 Å². The molecule has 2 aliphatic rings. The van der Waals surface area contributed by atoms with Gasteiger partial charge in [-0.2, -0.15) is 0 Å². The molecule has 1 saturated heterocycles. The summed E-state index contributed by atoms with van der Waals surface area (Å²) in [5.41, 5.74) is 3.15. The second-order valence-corrected chi connectivity index (χ2v) is 8.47. The zero-order valence-corrected chi connectivity index (χ0v) is 19.8. The van der Waals surface area contributed by atoms with Gasteiger partial charge in [0.1, 0.15) is 0 Å². The summed E-state index contributed by atoms with van der Waals surface area (Å²) in [6.45, 7) is 6.04. The highest BCUT2D eigenvalue weighted by molar-refractivity contribution is 5.99. The minimum absolute atomic E-state index is 0.0396. The van der Waals surface area contributed by atoms with Crippen LogP contribution in [0, 0.1) is 6.92 Å². The summed E-state index contributed by atoms with van der Waals surface area (Å²) < 4.78 is 16.5. The van der Waals surface area contributed by atoms with Crippen LogP contribution in [-0.2, 0) is 6.42 Å². The number of ketones is 1. The van der Waals surface area contributed by atoms with Crippen molar-refractivity contribution in [3.8, 4) is 17.2 Å². The Morgan fingerprint density at radius 3 is 2.24 bits per heavy atom. The normalized spacial score (nSPS) is 18.8. The average Bonchev–Trinajstić information content (AvgIpc) is 2.83. The number of hydrogen-bond donors (Lipinski definition) is 1. The number of aliphatic hydroxyl groups is 1. The van der Waals surface area contributed by atoms with Gasteiger partial charge < -0.3 is 24.2 Å². The molecular weight excluding hydrogens is 424 g/mol. The topological polar surface area (TPSA) is 97.3 Å². The van der Waals surface area contributed by atoms with E-state index < -0.39 is 0 Å². The average molecular weight is 457 g/mol. The van der Waals surface area contributed by atoms with E-state index in [1.54, 1.807) is 21.3 Å². The van der Waals surface area contributed by atoms with Crippen LogP contribution in [-0.4, -0.2) is 86.4 Å². The monoisotopic (exact) mass is 456 g/mol. The molecular formula is C24H32N4O5. The Morgan fingerprint density at radius 1 is 1.00 bits per heavy atom. The third-order valence-corrected chi connectivity index (χ3v) is 6.53. The van der Waals surface area contributed by atoms with E-state index in [4.69, 9.17) is 19.2 Å². The van der Waals surface area contributed by atoms with E-state index in [9.17, 15) is 9.90 Å². The second kappa shape index (κ2) is 9.93. The number of fused-ring (bicyclic) bond motifs is 1. The lowest BCUT2D eigenvalue weighted by Crippen LogP contribution is -2.48. The van der Waals surface area contributed by atoms with Crippen LogP contribution in [0.2, 0.25) is 0 Å². The first-order chi connectivity index (χ1) is 16.0. The fourth-order valence-corrected chi connectivity index (χ4v) is 4.79. The van der Waals surface area contributed by atoms with E-state index in [2.05, 4.69) is 14.8 Å². The molecule has 178 valence electrons. The molecule has 1 fully saturated rings. The highest BCUT2D eigenvalue weighted by atomic mass is 16.5. The van der Waals surface area contributed by atoms with E-state index in [0.717, 1.165) is 43.1 Å². The van der Waals surface area contributed by atoms with E-state index in [-0.39, 0.29) is 18.3 Å². The molecule has 1 aliphatic heterocycles. The van der Waals surface area contributed by atoms with Crippen LogP contribution < -0.4 is 19.1 Å². The molecule has 9 nitrogen and oxygen atoms in total. The highest BCUT2D eigenvalue weighted by Gasteiger charge is 2.32. The number of anilines is 1. The van der Waals surface area contributed by atoms with Gasteiger partial charge in [0.15, 0.2) is 17.3 Å². The van der Waals surface area contributed by atoms with Crippen LogP contribution in [0.1, 0.15) is 39.6 Å². The fraction of sp³-hybridized carbons (Fsp3) is 0.542. The van der Waals surface area contributed by atoms with E-state index in [1.807, 2.05) is 19.1 Å². The third kappa shape index (κ3) is 4.60. The summed E-state index contributed by atoms with van der Waals surface area (Å²) in [4.78, 5) is 27.0. The van der Waals surface area contributed by atoms with Crippen molar-refractivity contribution in [1.82, 2.24) is 14.9 Å². The number of Topliss-reactive ketones (excluding diaryl/α,β-unsaturated/α-hetero) is 1. The zero-order valence-electron chi connectivity index (χ0n) is 19.8. The van der Waals surface area contributed by atoms with Gasteiger partial charge in [-0.3, -0.25) is 9.69 Å². The van der Waals surface area contributed by atoms with Crippen LogP contribution in [0.4, 0.5) is 5.95 Å². The summed E-state index contributed by atoms with van der Waals surface area (Å²) in [5.74, 6) is 2.38. The molecule has 1 atom stereocenters. The van der Waals surface area contributed by atoms with Crippen molar-refractivity contribution < 1.29 is 24.1 Å². The number of hydrogen-bond acceptors (Lipinski definition) is 9. The maximum atomic E-state index is 13.1. The highest BCUT2D eigenvalue weighted by Crippen LogP contribution is 2.43. The predicted octanol–water partition coefficient (Wildman–Crippen LogP) is 1.84. The SMILES string of the molecule is COc1cc([C@@H]2CC(=O)c3c(C)nc(N4CCN(CCO)CC4)nc3C2)cc(OC)c1OC. The summed E-state index contributed by atoms with van der Waals surface area (Å²) >= 11 is 0. The molecule has 0 saturated carbocycles. The lowest BCUT2D eigenvalue weighted by molar-refractivity contribution is 0.0961. The van der Waals surface area contributed by atoms with Gasteiger partial charge in [-0.25, -0.2) is 9.97 Å². The molecule has 1 aromatic carbocycles. The maximum absolute atomic E-state index is 13.1. The van der Waals surface area contributed by atoms with Gasteiger partial charge in [-0.15, -0.1) is 0 Å². The van der Waals surface area contributed by atoms with E-state index >= 15 is 0 Å². The number of ether oxygens (including phenoxy) is 3. The quantitative estimate of drug-likeness (QED) is 0.669. The van der Waals surface area contributed by atoms with Crippen molar-refractivity contribution in [1.29, 1.82) is 0 Å². The van der Waals surface area contributed by atoms with Crippen molar-refractivity contribution in [2.45, 2.75) is 25.7 Å². The van der Waals surface area contributed by atoms with Crippen molar-refractivity contribution in [3.05, 3.63) is 34.6 Å². The summed E-state index contributed by atoms with van der Waals surface area (Å²) in [6.07, 6.45) is 1.02. The smallest absolute Gasteiger partial charge is 0.225 e. The first-order valence-electron chi connectivity index (χ1n) is 11.3. The third-order valence-electron chi connectivity index (χ3n) is 6.53. The number of nitrogens with zero attached hydrogens (tertiary/aromatic N) is 4. The largest absolute Gasteiger partial charge is 0.493 e. The number of carbonyl (C=O) groups is 1. The standard InChI is InChI=1S/C24H32N4O5/c1-15-22-18(26-24(25-15)28-7-5-27(6-8-28)9-10-29)11-16(12-19(22)30)17-13-20(31-2)23(33-4)21(14-17)32-3/h13-14,16,29H,5-12H2,1-4H3/t16-/m0/s1. The molecule has 0 unspecified atom stereocenters. The minimum Gasteiger partial charge on any atom is -0.493 e. The second-order valence-electron chi connectivity index (χ2n) is 8.47. The molecule has 0 amide bonds. The zero-order chi connectivity index (χ0) is 23.5. The first kappa shape index (κ1) is 23.3. The lowest BCUT2D eigenvalue weighted by Gasteiger charge is -2.35.